The van der Waals surface area contributed by atoms with E-state index in [0.717, 1.165) is 11.4 Å². The zero-order valence-electron chi connectivity index (χ0n) is 14.6. The molecule has 0 radical (unpaired) electrons. The third-order valence-corrected chi connectivity index (χ3v) is 7.07. The van der Waals surface area contributed by atoms with Crippen molar-refractivity contribution in [2.75, 3.05) is 18.1 Å². The Morgan fingerprint density at radius 3 is 2.89 bits per heavy atom. The Morgan fingerprint density at radius 1 is 1.26 bits per heavy atom. The Labute approximate surface area is 161 Å². The van der Waals surface area contributed by atoms with Gasteiger partial charge in [-0.05, 0) is 31.2 Å². The minimum Gasteiger partial charge on any atom is -0.489 e. The average molecular weight is 404 g/mol. The summed E-state index contributed by atoms with van der Waals surface area (Å²) in [5, 5.41) is 2.30. The maximum Gasteiger partial charge on any atom is 0.185 e. The first-order valence-corrected chi connectivity index (χ1v) is 10.9. The number of sulfone groups is 1. The van der Waals surface area contributed by atoms with Crippen LogP contribution in [0, 0.1) is 12.7 Å². The molecule has 0 aliphatic carbocycles. The van der Waals surface area contributed by atoms with Crippen LogP contribution in [0.1, 0.15) is 10.6 Å². The summed E-state index contributed by atoms with van der Waals surface area (Å²) in [5.74, 6) is 0.0595. The van der Waals surface area contributed by atoms with Gasteiger partial charge in [-0.25, -0.2) is 17.8 Å². The highest BCUT2D eigenvalue weighted by atomic mass is 32.2. The van der Waals surface area contributed by atoms with Crippen molar-refractivity contribution in [2.24, 2.45) is 0 Å². The van der Waals surface area contributed by atoms with Crippen LogP contribution in [0.2, 0.25) is 0 Å². The van der Waals surface area contributed by atoms with Crippen LogP contribution in [0.3, 0.4) is 0 Å². The van der Waals surface area contributed by atoms with Gasteiger partial charge in [0.1, 0.15) is 28.9 Å². The Balaban J connectivity index is 1.71. The number of aromatic nitrogens is 1. The molecular formula is C19H17FN2O3S2. The number of nitrogens with zero attached hydrogens (tertiary/aromatic N) is 2. The normalized spacial score (nSPS) is 13.9. The second-order valence-electron chi connectivity index (χ2n) is 6.20. The molecule has 1 aliphatic heterocycles. The van der Waals surface area contributed by atoms with E-state index < -0.39 is 9.84 Å². The van der Waals surface area contributed by atoms with Crippen molar-refractivity contribution in [2.45, 2.75) is 17.6 Å². The highest BCUT2D eigenvalue weighted by molar-refractivity contribution is 7.90. The molecule has 3 aromatic rings. The number of hydrogen-bond donors (Lipinski definition) is 0. The fourth-order valence-electron chi connectivity index (χ4n) is 3.10. The van der Waals surface area contributed by atoms with Crippen LogP contribution < -0.4 is 9.64 Å². The van der Waals surface area contributed by atoms with E-state index in [0.29, 0.717) is 29.5 Å². The molecule has 140 valence electrons. The van der Waals surface area contributed by atoms with Crippen LogP contribution in [-0.2, 0) is 15.6 Å². The van der Waals surface area contributed by atoms with E-state index in [-0.39, 0.29) is 16.5 Å². The first-order chi connectivity index (χ1) is 13.0. The van der Waals surface area contributed by atoms with Gasteiger partial charge in [0.05, 0.1) is 17.1 Å². The second kappa shape index (κ2) is 6.94. The summed E-state index contributed by atoms with van der Waals surface area (Å²) in [6, 6.07) is 9.76. The molecule has 0 N–H and O–H groups in total. The lowest BCUT2D eigenvalue weighted by atomic mass is 10.1. The zero-order chi connectivity index (χ0) is 19.0. The minimum absolute atomic E-state index is 0.143. The maximum atomic E-state index is 14.0. The van der Waals surface area contributed by atoms with Crippen molar-refractivity contribution in [3.63, 3.8) is 0 Å². The fourth-order valence-corrected chi connectivity index (χ4v) is 5.37. The van der Waals surface area contributed by atoms with Crippen molar-refractivity contribution in [1.82, 2.24) is 4.98 Å². The molecule has 2 aromatic carbocycles. The van der Waals surface area contributed by atoms with E-state index in [4.69, 9.17) is 4.74 Å². The molecule has 27 heavy (non-hydrogen) atoms. The number of halogens is 1. The van der Waals surface area contributed by atoms with Crippen LogP contribution in [0.4, 0.5) is 15.8 Å². The highest BCUT2D eigenvalue weighted by Crippen LogP contribution is 2.39. The third kappa shape index (κ3) is 3.42. The van der Waals surface area contributed by atoms with Crippen molar-refractivity contribution < 1.29 is 17.5 Å². The lowest BCUT2D eigenvalue weighted by Gasteiger charge is -2.32. The highest BCUT2D eigenvalue weighted by Gasteiger charge is 2.25. The molecule has 0 spiro atoms. The number of thiazole rings is 1. The van der Waals surface area contributed by atoms with Gasteiger partial charge in [0, 0.05) is 28.9 Å². The van der Waals surface area contributed by atoms with E-state index in [1.54, 1.807) is 42.8 Å². The van der Waals surface area contributed by atoms with Gasteiger partial charge in [0.15, 0.2) is 9.84 Å². The predicted molar refractivity (Wildman–Crippen MR) is 103 cm³/mol. The molecule has 0 unspecified atom stereocenters. The fraction of sp³-hybridized carbons (Fsp3) is 0.211. The van der Waals surface area contributed by atoms with Crippen LogP contribution in [0.15, 0.2) is 52.9 Å². The molecule has 0 amide bonds. The minimum atomic E-state index is -3.52. The van der Waals surface area contributed by atoms with Gasteiger partial charge in [-0.15, -0.1) is 11.3 Å². The molecule has 0 bridgehead atoms. The van der Waals surface area contributed by atoms with Gasteiger partial charge < -0.3 is 9.64 Å². The number of rotatable bonds is 4. The van der Waals surface area contributed by atoms with E-state index in [2.05, 4.69) is 4.98 Å². The molecule has 0 saturated heterocycles. The molecule has 8 heteroatoms. The van der Waals surface area contributed by atoms with Crippen molar-refractivity contribution >= 4 is 32.5 Å². The monoisotopic (exact) mass is 404 g/mol. The van der Waals surface area contributed by atoms with Crippen LogP contribution in [0.5, 0.6) is 5.75 Å². The predicted octanol–water partition coefficient (Wildman–Crippen LogP) is 4.10. The summed E-state index contributed by atoms with van der Waals surface area (Å²) >= 11 is 1.31. The number of hydrogen-bond acceptors (Lipinski definition) is 6. The van der Waals surface area contributed by atoms with E-state index in [9.17, 15) is 12.8 Å². The zero-order valence-corrected chi connectivity index (χ0v) is 16.2. The van der Waals surface area contributed by atoms with Crippen LogP contribution in [0.25, 0.3) is 0 Å². The standard InChI is InChI=1S/C19H17FN2O3S2/c1-13-15(20)3-2-4-16(13)22-8-9-25-18-11-14(5-6-17(18)22)27(23,24)12-19-21-7-10-26-19/h2-7,10-11H,8-9,12H2,1H3. The quantitative estimate of drug-likeness (QED) is 0.655. The molecule has 0 saturated carbocycles. The Bertz CT molecular complexity index is 1080. The average Bonchev–Trinajstić information content (AvgIpc) is 3.15. The molecule has 0 fully saturated rings. The van der Waals surface area contributed by atoms with Crippen LogP contribution >= 0.6 is 11.3 Å². The molecule has 0 atom stereocenters. The third-order valence-electron chi connectivity index (χ3n) is 4.48. The molecule has 1 aliphatic rings. The molecule has 4 rings (SSSR count). The maximum absolute atomic E-state index is 14.0. The summed E-state index contributed by atoms with van der Waals surface area (Å²) < 4.78 is 45.0. The molecule has 1 aromatic heterocycles. The molecule has 5 nitrogen and oxygen atoms in total. The first-order valence-electron chi connectivity index (χ1n) is 8.36. The summed E-state index contributed by atoms with van der Waals surface area (Å²) in [5.41, 5.74) is 2.02. The molecule has 2 heterocycles. The largest absolute Gasteiger partial charge is 0.489 e. The number of fused-ring (bicyclic) bond motifs is 1. The van der Waals surface area contributed by atoms with Gasteiger partial charge in [-0.1, -0.05) is 6.07 Å². The van der Waals surface area contributed by atoms with E-state index in [1.165, 1.54) is 17.4 Å². The van der Waals surface area contributed by atoms with Crippen LogP contribution in [-0.4, -0.2) is 26.6 Å². The topological polar surface area (TPSA) is 59.5 Å². The van der Waals surface area contributed by atoms with E-state index >= 15 is 0 Å². The summed E-state index contributed by atoms with van der Waals surface area (Å²) in [7, 11) is -3.52. The Morgan fingerprint density at radius 2 is 2.11 bits per heavy atom. The van der Waals surface area contributed by atoms with Gasteiger partial charge in [0.2, 0.25) is 0 Å². The van der Waals surface area contributed by atoms with Crippen molar-refractivity contribution in [3.05, 3.63) is 64.4 Å². The SMILES string of the molecule is Cc1c(F)cccc1N1CCOc2cc(S(=O)(=O)Cc3nccs3)ccc21. The Kier molecular flexibility index (Phi) is 4.61. The van der Waals surface area contributed by atoms with E-state index in [1.807, 2.05) is 11.0 Å². The van der Waals surface area contributed by atoms with Gasteiger partial charge in [-0.3, -0.25) is 0 Å². The second-order valence-corrected chi connectivity index (χ2v) is 9.17. The lowest BCUT2D eigenvalue weighted by Crippen LogP contribution is -2.29. The van der Waals surface area contributed by atoms with Crippen molar-refractivity contribution in [3.8, 4) is 5.75 Å². The lowest BCUT2D eigenvalue weighted by molar-refractivity contribution is 0.313. The summed E-state index contributed by atoms with van der Waals surface area (Å²) in [6.07, 6.45) is 1.59. The summed E-state index contributed by atoms with van der Waals surface area (Å²) in [4.78, 5) is 6.19. The number of ether oxygens (including phenoxy) is 1. The first kappa shape index (κ1) is 17.9. The smallest absolute Gasteiger partial charge is 0.185 e. The van der Waals surface area contributed by atoms with Crippen molar-refractivity contribution in [1.29, 1.82) is 0 Å². The van der Waals surface area contributed by atoms with Gasteiger partial charge >= 0.3 is 0 Å². The Hall–Kier alpha value is -2.45. The van der Waals surface area contributed by atoms with Gasteiger partial charge in [0.25, 0.3) is 0 Å². The molecular weight excluding hydrogens is 387 g/mol. The summed E-state index contributed by atoms with van der Waals surface area (Å²) in [6.45, 7) is 2.67. The number of anilines is 2. The number of benzene rings is 2. The van der Waals surface area contributed by atoms with Gasteiger partial charge in [-0.2, -0.15) is 0 Å².